The zero-order chi connectivity index (χ0) is 36.9. The largest absolute Gasteiger partial charge is 0.494 e. The number of carbonyl (C=O) groups excluding carboxylic acids is 2. The van der Waals surface area contributed by atoms with Gasteiger partial charge < -0.3 is 25.8 Å². The number of aliphatic carboxylic acids is 1. The van der Waals surface area contributed by atoms with Crippen LogP contribution in [-0.4, -0.2) is 65.1 Å². The Kier molecular flexibility index (Phi) is 13.9. The Morgan fingerprint density at radius 2 is 1.56 bits per heavy atom. The van der Waals surface area contributed by atoms with Gasteiger partial charge in [0.25, 0.3) is 5.91 Å². The summed E-state index contributed by atoms with van der Waals surface area (Å²) in [5.41, 5.74) is 2.50. The minimum Gasteiger partial charge on any atom is -0.494 e. The molecule has 11 heteroatoms. The molecule has 1 saturated heterocycles. The Morgan fingerprint density at radius 1 is 0.885 bits per heavy atom. The summed E-state index contributed by atoms with van der Waals surface area (Å²) >= 11 is 1.41. The van der Waals surface area contributed by atoms with Gasteiger partial charge in [-0.2, -0.15) is 0 Å². The highest BCUT2D eigenvalue weighted by Gasteiger charge is 2.40. The fourth-order valence-corrected chi connectivity index (χ4v) is 7.18. The van der Waals surface area contributed by atoms with Gasteiger partial charge in [0, 0.05) is 41.4 Å². The number of aromatic nitrogens is 2. The first-order chi connectivity index (χ1) is 25.2. The van der Waals surface area contributed by atoms with Gasteiger partial charge in [0.2, 0.25) is 5.91 Å². The van der Waals surface area contributed by atoms with Crippen molar-refractivity contribution in [1.29, 1.82) is 0 Å². The van der Waals surface area contributed by atoms with Gasteiger partial charge in [-0.1, -0.05) is 82.9 Å². The quantitative estimate of drug-likeness (QED) is 0.0786. The number of carboxylic acids is 1. The summed E-state index contributed by atoms with van der Waals surface area (Å²) in [4.78, 5) is 50.0. The van der Waals surface area contributed by atoms with Crippen molar-refractivity contribution in [2.75, 3.05) is 26.2 Å². The predicted molar refractivity (Wildman–Crippen MR) is 206 cm³/mol. The normalized spacial score (nSPS) is 14.5. The topological polar surface area (TPSA) is 143 Å². The van der Waals surface area contributed by atoms with E-state index < -0.39 is 23.3 Å². The average Bonchev–Trinajstić information content (AvgIpc) is 3.67. The molecule has 2 aromatic carbocycles. The fourth-order valence-electron chi connectivity index (χ4n) is 6.27. The van der Waals surface area contributed by atoms with Crippen molar-refractivity contribution in [2.24, 2.45) is 5.41 Å². The number of hydrogen-bond acceptors (Lipinski definition) is 8. The molecule has 1 fully saturated rings. The van der Waals surface area contributed by atoms with Crippen molar-refractivity contribution in [3.05, 3.63) is 88.4 Å². The van der Waals surface area contributed by atoms with Crippen LogP contribution in [0.25, 0.3) is 22.5 Å². The Labute approximate surface area is 310 Å². The molecule has 2 amide bonds. The van der Waals surface area contributed by atoms with Crippen LogP contribution in [-0.2, 0) is 16.0 Å². The molecule has 0 aliphatic carbocycles. The lowest BCUT2D eigenvalue weighted by Gasteiger charge is -2.34. The Bertz CT molecular complexity index is 1750. The van der Waals surface area contributed by atoms with E-state index in [0.717, 1.165) is 45.9 Å². The number of unbranched alkanes of at least 4 members (excludes halogenated alkanes) is 4. The number of nitrogens with zero attached hydrogens (tertiary/aromatic N) is 2. The number of hydrogen-bond donors (Lipinski definition) is 4. The summed E-state index contributed by atoms with van der Waals surface area (Å²) < 4.78 is 5.90. The predicted octanol–water partition coefficient (Wildman–Crippen LogP) is 7.26. The molecule has 1 aliphatic heterocycles. The summed E-state index contributed by atoms with van der Waals surface area (Å²) in [5, 5.41) is 19.0. The molecule has 52 heavy (non-hydrogen) atoms. The van der Waals surface area contributed by atoms with E-state index in [1.165, 1.54) is 37.0 Å². The summed E-state index contributed by atoms with van der Waals surface area (Å²) in [5.74, 6) is 0.0269. The monoisotopic (exact) mass is 725 g/mol. The van der Waals surface area contributed by atoms with E-state index in [4.69, 9.17) is 4.74 Å². The molecule has 0 saturated carbocycles. The lowest BCUT2D eigenvalue weighted by Crippen LogP contribution is -2.53. The number of carbonyl (C=O) groups is 3. The number of thiophene rings is 1. The number of carboxylic acid groups (broad SMARTS) is 1. The van der Waals surface area contributed by atoms with E-state index in [1.807, 2.05) is 54.6 Å². The third-order valence-corrected chi connectivity index (χ3v) is 11.0. The van der Waals surface area contributed by atoms with Gasteiger partial charge in [0.05, 0.1) is 16.9 Å². The number of rotatable bonds is 18. The SMILES string of the molecule is CCCCCCCOc1ccc(-c2cnc(-c3ccc(CC(NC(=O)c4ccc(C(C)C)s4)C(=O)NCC4(C(=O)O)CCNCC4)cc3)nc2)cc1. The average molecular weight is 726 g/mol. The number of amides is 2. The number of piperidine rings is 1. The van der Waals surface area contributed by atoms with Gasteiger partial charge in [-0.25, -0.2) is 9.97 Å². The minimum absolute atomic E-state index is 0.00486. The zero-order valence-electron chi connectivity index (χ0n) is 30.5. The van der Waals surface area contributed by atoms with Crippen LogP contribution in [0.1, 0.15) is 91.7 Å². The fraction of sp³-hybridized carbons (Fsp3) is 0.439. The molecule has 3 heterocycles. The lowest BCUT2D eigenvalue weighted by molar-refractivity contribution is -0.150. The van der Waals surface area contributed by atoms with E-state index in [1.54, 1.807) is 18.5 Å². The first kappa shape index (κ1) is 38.6. The Balaban J connectivity index is 1.23. The first-order valence-corrected chi connectivity index (χ1v) is 19.3. The van der Waals surface area contributed by atoms with E-state index >= 15 is 0 Å². The molecule has 10 nitrogen and oxygen atoms in total. The maximum absolute atomic E-state index is 13.6. The number of benzene rings is 2. The first-order valence-electron chi connectivity index (χ1n) is 18.4. The Hall–Kier alpha value is -4.61. The van der Waals surface area contributed by atoms with E-state index in [9.17, 15) is 19.5 Å². The smallest absolute Gasteiger partial charge is 0.311 e. The summed E-state index contributed by atoms with van der Waals surface area (Å²) in [7, 11) is 0. The number of ether oxygens (including phenoxy) is 1. The summed E-state index contributed by atoms with van der Waals surface area (Å²) in [6.07, 6.45) is 10.7. The Morgan fingerprint density at radius 3 is 2.19 bits per heavy atom. The highest BCUT2D eigenvalue weighted by Crippen LogP contribution is 2.29. The molecule has 5 rings (SSSR count). The van der Waals surface area contributed by atoms with Gasteiger partial charge in [-0.3, -0.25) is 14.4 Å². The van der Waals surface area contributed by atoms with Crippen LogP contribution < -0.4 is 20.7 Å². The van der Waals surface area contributed by atoms with Crippen LogP contribution in [0.4, 0.5) is 0 Å². The van der Waals surface area contributed by atoms with Crippen LogP contribution in [0.15, 0.2) is 73.1 Å². The van der Waals surface area contributed by atoms with E-state index in [-0.39, 0.29) is 24.8 Å². The molecular formula is C41H51N5O5S. The molecule has 2 aromatic heterocycles. The van der Waals surface area contributed by atoms with E-state index in [0.29, 0.717) is 36.6 Å². The molecule has 1 unspecified atom stereocenters. The lowest BCUT2D eigenvalue weighted by atomic mass is 9.79. The van der Waals surface area contributed by atoms with Crippen molar-refractivity contribution in [2.45, 2.75) is 84.1 Å². The molecule has 4 aromatic rings. The van der Waals surface area contributed by atoms with Crippen LogP contribution in [0.3, 0.4) is 0 Å². The molecular weight excluding hydrogens is 675 g/mol. The number of nitrogens with one attached hydrogen (secondary N) is 3. The van der Waals surface area contributed by atoms with Gasteiger partial charge in [-0.15, -0.1) is 11.3 Å². The van der Waals surface area contributed by atoms with Crippen LogP contribution in [0.2, 0.25) is 0 Å². The molecule has 276 valence electrons. The van der Waals surface area contributed by atoms with Crippen molar-refractivity contribution < 1.29 is 24.2 Å². The third kappa shape index (κ3) is 10.5. The van der Waals surface area contributed by atoms with Crippen molar-refractivity contribution in [1.82, 2.24) is 25.9 Å². The molecule has 0 radical (unpaired) electrons. The highest BCUT2D eigenvalue weighted by molar-refractivity contribution is 7.14. The van der Waals surface area contributed by atoms with Gasteiger partial charge in [0.15, 0.2) is 5.82 Å². The van der Waals surface area contributed by atoms with E-state index in [2.05, 4.69) is 46.7 Å². The summed E-state index contributed by atoms with van der Waals surface area (Å²) in [6, 6.07) is 18.4. The summed E-state index contributed by atoms with van der Waals surface area (Å²) in [6.45, 7) is 8.21. The highest BCUT2D eigenvalue weighted by atomic mass is 32.1. The van der Waals surface area contributed by atoms with Gasteiger partial charge in [0.1, 0.15) is 11.8 Å². The van der Waals surface area contributed by atoms with Gasteiger partial charge >= 0.3 is 5.97 Å². The maximum atomic E-state index is 13.6. The second kappa shape index (κ2) is 18.8. The zero-order valence-corrected chi connectivity index (χ0v) is 31.3. The molecule has 0 bridgehead atoms. The molecule has 1 atom stereocenters. The van der Waals surface area contributed by atoms with Crippen LogP contribution in [0.5, 0.6) is 5.75 Å². The standard InChI is InChI=1S/C41H51N5O5S/c1-4-5-6-7-8-23-51-33-15-13-30(14-16-33)32-25-43-37(44-26-32)31-11-9-29(10-12-31)24-34(46-39(48)36-18-17-35(52-36)28(2)3)38(47)45-27-41(40(49)50)19-21-42-22-20-41/h9-18,25-26,28,34,42H,4-8,19-24,27H2,1-3H3,(H,45,47)(H,46,48)(H,49,50). The van der Waals surface area contributed by atoms with Crippen LogP contribution in [0, 0.1) is 5.41 Å². The second-order valence-corrected chi connectivity index (χ2v) is 15.0. The van der Waals surface area contributed by atoms with Crippen molar-refractivity contribution in [3.63, 3.8) is 0 Å². The molecule has 1 aliphatic rings. The third-order valence-electron chi connectivity index (χ3n) is 9.66. The van der Waals surface area contributed by atoms with Crippen LogP contribution >= 0.6 is 11.3 Å². The van der Waals surface area contributed by atoms with Crippen molar-refractivity contribution in [3.8, 4) is 28.3 Å². The van der Waals surface area contributed by atoms with Gasteiger partial charge in [-0.05, 0) is 73.7 Å². The molecule has 4 N–H and O–H groups in total. The molecule has 0 spiro atoms. The minimum atomic E-state index is -1.04. The second-order valence-electron chi connectivity index (χ2n) is 13.9. The maximum Gasteiger partial charge on any atom is 0.311 e. The van der Waals surface area contributed by atoms with Crippen molar-refractivity contribution >= 4 is 29.1 Å².